The van der Waals surface area contributed by atoms with Gasteiger partial charge in [-0.1, -0.05) is 140 Å². The van der Waals surface area contributed by atoms with Gasteiger partial charge in [0, 0.05) is 29.1 Å². The van der Waals surface area contributed by atoms with Crippen molar-refractivity contribution in [2.24, 2.45) is 0 Å². The number of nitrogens with zero attached hydrogens (tertiary/aromatic N) is 4. The van der Waals surface area contributed by atoms with E-state index in [-0.39, 0.29) is 0 Å². The van der Waals surface area contributed by atoms with Crippen molar-refractivity contribution >= 4 is 43.1 Å². The van der Waals surface area contributed by atoms with E-state index in [1.807, 2.05) is 73.1 Å². The molecule has 0 radical (unpaired) electrons. The van der Waals surface area contributed by atoms with E-state index in [9.17, 15) is 0 Å². The van der Waals surface area contributed by atoms with Crippen LogP contribution in [0.1, 0.15) is 0 Å². The van der Waals surface area contributed by atoms with E-state index in [1.54, 1.807) is 0 Å². The molecule has 0 amide bonds. The third kappa shape index (κ3) is 5.00. The normalized spacial score (nSPS) is 11.5. The average molecular weight is 663 g/mol. The summed E-state index contributed by atoms with van der Waals surface area (Å²) in [4.78, 5) is 19.4. The minimum absolute atomic E-state index is 0.647. The molecule has 10 rings (SSSR count). The van der Waals surface area contributed by atoms with Gasteiger partial charge >= 0.3 is 0 Å². The summed E-state index contributed by atoms with van der Waals surface area (Å²) < 4.78 is 0. The van der Waals surface area contributed by atoms with E-state index in [0.29, 0.717) is 17.5 Å². The highest BCUT2D eigenvalue weighted by atomic mass is 15.0. The van der Waals surface area contributed by atoms with Crippen molar-refractivity contribution in [2.75, 3.05) is 0 Å². The van der Waals surface area contributed by atoms with Crippen molar-refractivity contribution in [1.29, 1.82) is 0 Å². The first kappa shape index (κ1) is 29.8. The number of pyridine rings is 1. The molecule has 52 heavy (non-hydrogen) atoms. The monoisotopic (exact) mass is 662 g/mol. The number of hydrogen-bond acceptors (Lipinski definition) is 4. The van der Waals surface area contributed by atoms with Crippen LogP contribution < -0.4 is 0 Å². The predicted molar refractivity (Wildman–Crippen MR) is 215 cm³/mol. The second-order valence-corrected chi connectivity index (χ2v) is 13.0. The van der Waals surface area contributed by atoms with Crippen molar-refractivity contribution in [3.63, 3.8) is 0 Å². The summed E-state index contributed by atoms with van der Waals surface area (Å²) in [7, 11) is 0. The summed E-state index contributed by atoms with van der Waals surface area (Å²) in [5, 5.41) is 9.58. The van der Waals surface area contributed by atoms with Crippen LogP contribution in [0.15, 0.2) is 182 Å². The summed E-state index contributed by atoms with van der Waals surface area (Å²) in [6.07, 6.45) is 3.73. The highest BCUT2D eigenvalue weighted by Crippen LogP contribution is 2.44. The lowest BCUT2D eigenvalue weighted by molar-refractivity contribution is 1.08. The molecular formula is C48H30N4. The minimum atomic E-state index is 0.647. The average Bonchev–Trinajstić information content (AvgIpc) is 3.23. The van der Waals surface area contributed by atoms with Gasteiger partial charge in [0.15, 0.2) is 17.5 Å². The van der Waals surface area contributed by atoms with Gasteiger partial charge in [-0.3, -0.25) is 4.98 Å². The first-order valence-electron chi connectivity index (χ1n) is 17.5. The third-order valence-corrected chi connectivity index (χ3v) is 10.0. The molecular weight excluding hydrogens is 633 g/mol. The molecule has 2 heterocycles. The van der Waals surface area contributed by atoms with Gasteiger partial charge in [-0.25, -0.2) is 15.0 Å². The van der Waals surface area contributed by atoms with Gasteiger partial charge in [-0.2, -0.15) is 0 Å². The van der Waals surface area contributed by atoms with E-state index in [0.717, 1.165) is 33.0 Å². The lowest BCUT2D eigenvalue weighted by Gasteiger charge is -2.18. The molecule has 0 bridgehead atoms. The molecule has 0 saturated heterocycles. The second-order valence-electron chi connectivity index (χ2n) is 13.0. The van der Waals surface area contributed by atoms with E-state index in [1.165, 1.54) is 49.0 Å². The van der Waals surface area contributed by atoms with Gasteiger partial charge in [-0.15, -0.1) is 0 Å². The lowest BCUT2D eigenvalue weighted by Crippen LogP contribution is -2.00. The molecule has 4 heteroatoms. The van der Waals surface area contributed by atoms with Crippen molar-refractivity contribution in [1.82, 2.24) is 19.9 Å². The molecule has 4 nitrogen and oxygen atoms in total. The maximum atomic E-state index is 5.08. The van der Waals surface area contributed by atoms with Crippen LogP contribution in [-0.4, -0.2) is 19.9 Å². The van der Waals surface area contributed by atoms with Gasteiger partial charge in [0.05, 0.1) is 0 Å². The summed E-state index contributed by atoms with van der Waals surface area (Å²) in [6, 6.07) is 59.8. The first-order valence-corrected chi connectivity index (χ1v) is 17.5. The first-order chi connectivity index (χ1) is 25.8. The standard InChI is InChI=1S/C48H30N4/c1-3-13-32(14-4-1)46-50-47(33-15-5-2-6-16-33)52-48(51-46)41-24-23-40(34-17-7-8-18-35(34)41)43-30-45-37-20-10-9-19-36(37)42(31-25-27-49-28-26-31)29-44(45)39-22-12-11-21-38(39)43/h1-30H. The fraction of sp³-hybridized carbons (Fsp3) is 0. The molecule has 0 aliphatic carbocycles. The molecule has 0 aliphatic heterocycles. The molecule has 0 N–H and O–H groups in total. The third-order valence-electron chi connectivity index (χ3n) is 10.0. The Morgan fingerprint density at radius 2 is 0.654 bits per heavy atom. The fourth-order valence-electron chi connectivity index (χ4n) is 7.60. The SMILES string of the molecule is c1ccc(-c2nc(-c3ccccc3)nc(-c3ccc(-c4cc5c6ccccc6c(-c6ccncc6)cc5c5ccccc45)c4ccccc34)n2)cc1. The Hall–Kier alpha value is -7.04. The molecule has 0 fully saturated rings. The van der Waals surface area contributed by atoms with Gasteiger partial charge in [0.1, 0.15) is 0 Å². The van der Waals surface area contributed by atoms with Crippen LogP contribution in [0, 0.1) is 0 Å². The van der Waals surface area contributed by atoms with Crippen molar-refractivity contribution < 1.29 is 0 Å². The van der Waals surface area contributed by atoms with Crippen molar-refractivity contribution in [2.45, 2.75) is 0 Å². The van der Waals surface area contributed by atoms with Gasteiger partial charge < -0.3 is 0 Å². The topological polar surface area (TPSA) is 51.6 Å². The van der Waals surface area contributed by atoms with E-state index in [2.05, 4.69) is 114 Å². The Bertz CT molecular complexity index is 2880. The van der Waals surface area contributed by atoms with Gasteiger partial charge in [0.25, 0.3) is 0 Å². The molecule has 8 aromatic carbocycles. The zero-order valence-corrected chi connectivity index (χ0v) is 28.1. The zero-order valence-electron chi connectivity index (χ0n) is 28.1. The largest absolute Gasteiger partial charge is 0.265 e. The smallest absolute Gasteiger partial charge is 0.164 e. The van der Waals surface area contributed by atoms with Gasteiger partial charge in [-0.05, 0) is 95.7 Å². The van der Waals surface area contributed by atoms with Crippen LogP contribution in [0.4, 0.5) is 0 Å². The Labute approximate surface area is 300 Å². The summed E-state index contributed by atoms with van der Waals surface area (Å²) >= 11 is 0. The fourth-order valence-corrected chi connectivity index (χ4v) is 7.60. The Morgan fingerprint density at radius 3 is 1.21 bits per heavy atom. The van der Waals surface area contributed by atoms with Crippen LogP contribution in [0.2, 0.25) is 0 Å². The highest BCUT2D eigenvalue weighted by molar-refractivity contribution is 6.25. The van der Waals surface area contributed by atoms with Crippen molar-refractivity contribution in [3.8, 4) is 56.4 Å². The van der Waals surface area contributed by atoms with E-state index in [4.69, 9.17) is 15.0 Å². The Kier molecular flexibility index (Phi) is 7.10. The Morgan fingerprint density at radius 1 is 0.250 bits per heavy atom. The maximum Gasteiger partial charge on any atom is 0.164 e. The number of rotatable bonds is 5. The molecule has 10 aromatic rings. The summed E-state index contributed by atoms with van der Waals surface area (Å²) in [5.74, 6) is 1.95. The number of benzene rings is 8. The molecule has 242 valence electrons. The maximum absolute atomic E-state index is 5.08. The molecule has 0 saturated carbocycles. The van der Waals surface area contributed by atoms with Crippen LogP contribution >= 0.6 is 0 Å². The van der Waals surface area contributed by atoms with Crippen LogP contribution in [-0.2, 0) is 0 Å². The van der Waals surface area contributed by atoms with Crippen LogP contribution in [0.3, 0.4) is 0 Å². The number of hydrogen-bond donors (Lipinski definition) is 0. The molecule has 2 aromatic heterocycles. The van der Waals surface area contributed by atoms with Gasteiger partial charge in [0.2, 0.25) is 0 Å². The molecule has 0 atom stereocenters. The highest BCUT2D eigenvalue weighted by Gasteiger charge is 2.19. The van der Waals surface area contributed by atoms with E-state index >= 15 is 0 Å². The Balaban J connectivity index is 1.23. The van der Waals surface area contributed by atoms with Crippen LogP contribution in [0.25, 0.3) is 99.5 Å². The zero-order chi connectivity index (χ0) is 34.4. The quantitative estimate of drug-likeness (QED) is 0.172. The predicted octanol–water partition coefficient (Wildman–Crippen LogP) is 12.2. The molecule has 0 aliphatic rings. The molecule has 0 spiro atoms. The van der Waals surface area contributed by atoms with Crippen molar-refractivity contribution in [3.05, 3.63) is 182 Å². The van der Waals surface area contributed by atoms with Crippen LogP contribution in [0.5, 0.6) is 0 Å². The second kappa shape index (κ2) is 12.4. The number of aromatic nitrogens is 4. The van der Waals surface area contributed by atoms with E-state index < -0.39 is 0 Å². The molecule has 0 unspecified atom stereocenters. The summed E-state index contributed by atoms with van der Waals surface area (Å²) in [5.41, 5.74) is 7.59. The lowest BCUT2D eigenvalue weighted by atomic mass is 9.86. The number of fused-ring (bicyclic) bond motifs is 6. The minimum Gasteiger partial charge on any atom is -0.265 e. The summed E-state index contributed by atoms with van der Waals surface area (Å²) in [6.45, 7) is 0.